The monoisotopic (exact) mass is 393 g/mol. The quantitative estimate of drug-likeness (QED) is 0.668. The van der Waals surface area contributed by atoms with Crippen molar-refractivity contribution >= 4 is 29.2 Å². The maximum atomic E-state index is 13.8. The summed E-state index contributed by atoms with van der Waals surface area (Å²) in [6.45, 7) is 5.83. The molecule has 2 N–H and O–H groups in total. The van der Waals surface area contributed by atoms with Gasteiger partial charge in [-0.3, -0.25) is 4.79 Å². The van der Waals surface area contributed by atoms with Gasteiger partial charge in [0, 0.05) is 21.8 Å². The Morgan fingerprint density at radius 2 is 1.89 bits per heavy atom. The number of carboxylic acid groups (broad SMARTS) is 1. The van der Waals surface area contributed by atoms with Crippen molar-refractivity contribution in [2.75, 3.05) is 5.32 Å². The summed E-state index contributed by atoms with van der Waals surface area (Å²) in [6, 6.07) is 6.47. The second-order valence-corrected chi connectivity index (χ2v) is 6.50. The molecule has 2 rings (SSSR count). The van der Waals surface area contributed by atoms with Crippen LogP contribution in [0.2, 0.25) is 5.02 Å². The minimum absolute atomic E-state index is 0.00994. The topological polar surface area (TPSA) is 75.6 Å². The van der Waals surface area contributed by atoms with E-state index in [1.54, 1.807) is 6.07 Å². The first kappa shape index (κ1) is 20.7. The van der Waals surface area contributed by atoms with E-state index in [4.69, 9.17) is 21.4 Å². The van der Waals surface area contributed by atoms with Crippen molar-refractivity contribution in [1.82, 2.24) is 0 Å². The summed E-state index contributed by atoms with van der Waals surface area (Å²) in [5.41, 5.74) is 0.667. The Kier molecular flexibility index (Phi) is 6.80. The largest absolute Gasteiger partial charge is 0.490 e. The average molecular weight is 394 g/mol. The fourth-order valence-corrected chi connectivity index (χ4v) is 2.72. The number of anilines is 1. The second-order valence-electron chi connectivity index (χ2n) is 6.09. The SMILES string of the molecule is CCC(CC)Oc1cc(C(=O)Nc2ccc(C(=O)O)c(F)c2)cc(Cl)c1C. The van der Waals surface area contributed by atoms with Crippen molar-refractivity contribution in [1.29, 1.82) is 0 Å². The molecule has 0 saturated carbocycles. The molecular weight excluding hydrogens is 373 g/mol. The van der Waals surface area contributed by atoms with Gasteiger partial charge < -0.3 is 15.2 Å². The van der Waals surface area contributed by atoms with Gasteiger partial charge in [-0.1, -0.05) is 25.4 Å². The minimum Gasteiger partial charge on any atom is -0.490 e. The first-order valence-electron chi connectivity index (χ1n) is 8.57. The van der Waals surface area contributed by atoms with Crippen LogP contribution >= 0.6 is 11.6 Å². The van der Waals surface area contributed by atoms with Crippen LogP contribution in [0.5, 0.6) is 5.75 Å². The zero-order chi connectivity index (χ0) is 20.1. The number of carbonyl (C=O) groups is 2. The van der Waals surface area contributed by atoms with E-state index in [0.717, 1.165) is 30.5 Å². The number of carboxylic acids is 1. The Bertz CT molecular complexity index is 865. The number of ether oxygens (including phenoxy) is 1. The summed E-state index contributed by atoms with van der Waals surface area (Å²) < 4.78 is 19.7. The number of hydrogen-bond donors (Lipinski definition) is 2. The molecule has 1 amide bonds. The Hall–Kier alpha value is -2.60. The van der Waals surface area contributed by atoms with Crippen LogP contribution in [0.25, 0.3) is 0 Å². The number of carbonyl (C=O) groups excluding carboxylic acids is 1. The standard InChI is InChI=1S/C20H21ClFNO4/c1-4-14(5-2)27-18-9-12(8-16(21)11(18)3)19(24)23-13-6-7-15(20(25)26)17(22)10-13/h6-10,14H,4-5H2,1-3H3,(H,23,24)(H,25,26). The van der Waals surface area contributed by atoms with E-state index in [2.05, 4.69) is 5.32 Å². The first-order valence-corrected chi connectivity index (χ1v) is 8.95. The lowest BCUT2D eigenvalue weighted by molar-refractivity contribution is 0.0691. The predicted molar refractivity (Wildman–Crippen MR) is 102 cm³/mol. The van der Waals surface area contributed by atoms with Crippen LogP contribution in [0, 0.1) is 12.7 Å². The maximum absolute atomic E-state index is 13.8. The molecule has 0 radical (unpaired) electrons. The average Bonchev–Trinajstić information content (AvgIpc) is 2.62. The Morgan fingerprint density at radius 1 is 1.22 bits per heavy atom. The number of hydrogen-bond acceptors (Lipinski definition) is 3. The van der Waals surface area contributed by atoms with Crippen LogP contribution in [-0.2, 0) is 0 Å². The van der Waals surface area contributed by atoms with Crippen molar-refractivity contribution < 1.29 is 23.8 Å². The van der Waals surface area contributed by atoms with Gasteiger partial charge in [-0.15, -0.1) is 0 Å². The maximum Gasteiger partial charge on any atom is 0.338 e. The lowest BCUT2D eigenvalue weighted by Gasteiger charge is -2.19. The lowest BCUT2D eigenvalue weighted by atomic mass is 10.1. The third kappa shape index (κ3) is 4.98. The number of benzene rings is 2. The molecule has 7 heteroatoms. The van der Waals surface area contributed by atoms with Gasteiger partial charge in [0.2, 0.25) is 0 Å². The van der Waals surface area contributed by atoms with Crippen LogP contribution in [0.1, 0.15) is 53.0 Å². The van der Waals surface area contributed by atoms with Gasteiger partial charge in [0.1, 0.15) is 11.6 Å². The van der Waals surface area contributed by atoms with Crippen LogP contribution in [-0.4, -0.2) is 23.1 Å². The Balaban J connectivity index is 2.27. The zero-order valence-electron chi connectivity index (χ0n) is 15.3. The second kappa shape index (κ2) is 8.86. The Labute approximate surface area is 162 Å². The molecule has 0 atom stereocenters. The molecule has 0 fully saturated rings. The molecule has 144 valence electrons. The van der Waals surface area contributed by atoms with Crippen molar-refractivity contribution in [3.05, 3.63) is 57.9 Å². The van der Waals surface area contributed by atoms with Crippen molar-refractivity contribution in [3.63, 3.8) is 0 Å². The van der Waals surface area contributed by atoms with E-state index < -0.39 is 23.3 Å². The molecule has 0 saturated heterocycles. The smallest absolute Gasteiger partial charge is 0.338 e. The van der Waals surface area contributed by atoms with Gasteiger partial charge in [-0.05, 0) is 50.1 Å². The fourth-order valence-electron chi connectivity index (χ4n) is 2.51. The molecule has 2 aromatic carbocycles. The molecular formula is C20H21ClFNO4. The van der Waals surface area contributed by atoms with Crippen molar-refractivity contribution in [2.45, 2.75) is 39.7 Å². The van der Waals surface area contributed by atoms with Gasteiger partial charge >= 0.3 is 5.97 Å². The molecule has 0 aliphatic heterocycles. The van der Waals surface area contributed by atoms with E-state index in [1.165, 1.54) is 12.1 Å². The normalized spacial score (nSPS) is 10.7. The summed E-state index contributed by atoms with van der Waals surface area (Å²) >= 11 is 6.23. The molecule has 2 aromatic rings. The molecule has 27 heavy (non-hydrogen) atoms. The number of rotatable bonds is 7. The number of halogens is 2. The number of amides is 1. The van der Waals surface area contributed by atoms with E-state index in [9.17, 15) is 14.0 Å². The molecule has 5 nitrogen and oxygen atoms in total. The molecule has 0 heterocycles. The van der Waals surface area contributed by atoms with Gasteiger partial charge in [-0.25, -0.2) is 9.18 Å². The Morgan fingerprint density at radius 3 is 2.44 bits per heavy atom. The van der Waals surface area contributed by atoms with Crippen LogP contribution in [0.15, 0.2) is 30.3 Å². The third-order valence-electron chi connectivity index (χ3n) is 4.22. The van der Waals surface area contributed by atoms with Crippen LogP contribution < -0.4 is 10.1 Å². The summed E-state index contributed by atoms with van der Waals surface area (Å²) in [6.07, 6.45) is 1.65. The first-order chi connectivity index (χ1) is 12.8. The van der Waals surface area contributed by atoms with Crippen molar-refractivity contribution in [2.24, 2.45) is 0 Å². The molecule has 0 aliphatic carbocycles. The van der Waals surface area contributed by atoms with Crippen LogP contribution in [0.4, 0.5) is 10.1 Å². The van der Waals surface area contributed by atoms with E-state index in [0.29, 0.717) is 10.8 Å². The van der Waals surface area contributed by atoms with Gasteiger partial charge in [0.15, 0.2) is 0 Å². The van der Waals surface area contributed by atoms with Gasteiger partial charge in [0.25, 0.3) is 5.91 Å². The summed E-state index contributed by atoms with van der Waals surface area (Å²) in [7, 11) is 0. The molecule has 0 spiro atoms. The van der Waals surface area contributed by atoms with E-state index >= 15 is 0 Å². The van der Waals surface area contributed by atoms with E-state index in [1.807, 2.05) is 20.8 Å². The number of nitrogens with one attached hydrogen (secondary N) is 1. The van der Waals surface area contributed by atoms with Crippen molar-refractivity contribution in [3.8, 4) is 5.75 Å². The third-order valence-corrected chi connectivity index (χ3v) is 4.61. The predicted octanol–water partition coefficient (Wildman–Crippen LogP) is 5.31. The van der Waals surface area contributed by atoms with Crippen LogP contribution in [0.3, 0.4) is 0 Å². The highest BCUT2D eigenvalue weighted by Gasteiger charge is 2.16. The highest BCUT2D eigenvalue weighted by atomic mass is 35.5. The highest BCUT2D eigenvalue weighted by molar-refractivity contribution is 6.32. The van der Waals surface area contributed by atoms with Gasteiger partial charge in [0.05, 0.1) is 11.7 Å². The summed E-state index contributed by atoms with van der Waals surface area (Å²) in [4.78, 5) is 23.4. The number of aromatic carboxylic acids is 1. The zero-order valence-corrected chi connectivity index (χ0v) is 16.1. The lowest BCUT2D eigenvalue weighted by Crippen LogP contribution is -2.16. The van der Waals surface area contributed by atoms with E-state index in [-0.39, 0.29) is 17.4 Å². The fraction of sp³-hybridized carbons (Fsp3) is 0.300. The minimum atomic E-state index is -1.38. The van der Waals surface area contributed by atoms with Gasteiger partial charge in [-0.2, -0.15) is 0 Å². The molecule has 0 aromatic heterocycles. The molecule has 0 bridgehead atoms. The highest BCUT2D eigenvalue weighted by Crippen LogP contribution is 2.30. The summed E-state index contributed by atoms with van der Waals surface area (Å²) in [5, 5.41) is 11.8. The molecule has 0 aliphatic rings. The summed E-state index contributed by atoms with van der Waals surface area (Å²) in [5.74, 6) is -2.29. The molecule has 0 unspecified atom stereocenters.